The lowest BCUT2D eigenvalue weighted by Gasteiger charge is -2.05. The van der Waals surface area contributed by atoms with E-state index in [1.165, 1.54) is 6.08 Å². The molecule has 0 radical (unpaired) electrons. The highest BCUT2D eigenvalue weighted by Gasteiger charge is 2.27. The maximum absolute atomic E-state index is 12.1. The lowest BCUT2D eigenvalue weighted by molar-refractivity contribution is -0.116. The fraction of sp³-hybridized carbons (Fsp3) is 0.333. The number of sulfonamides is 1. The number of hydrogen-bond donors (Lipinski definition) is 2. The third-order valence-electron chi connectivity index (χ3n) is 3.86. The third kappa shape index (κ3) is 5.23. The number of benzene rings is 1. The maximum Gasteiger partial charge on any atom is 0.244 e. The maximum atomic E-state index is 12.1. The average molecular weight is 392 g/mol. The van der Waals surface area contributed by atoms with Gasteiger partial charge in [-0.15, -0.1) is 11.3 Å². The summed E-state index contributed by atoms with van der Waals surface area (Å²) >= 11 is 1.59. The number of rotatable bonds is 8. The summed E-state index contributed by atoms with van der Waals surface area (Å²) in [5, 5.41) is 5.78. The van der Waals surface area contributed by atoms with Gasteiger partial charge in [0.25, 0.3) is 0 Å². The number of nitrogens with zero attached hydrogens (tertiary/aromatic N) is 1. The second kappa shape index (κ2) is 8.11. The minimum absolute atomic E-state index is 0.0781. The van der Waals surface area contributed by atoms with Crippen LogP contribution in [0.15, 0.2) is 40.6 Å². The average Bonchev–Trinajstić information content (AvgIpc) is 3.31. The molecule has 1 aliphatic carbocycles. The molecular formula is C18H21N3O3S2. The molecule has 0 saturated heterocycles. The molecule has 1 aliphatic rings. The van der Waals surface area contributed by atoms with Crippen molar-refractivity contribution in [2.75, 3.05) is 0 Å². The van der Waals surface area contributed by atoms with Crippen molar-refractivity contribution in [2.24, 2.45) is 0 Å². The van der Waals surface area contributed by atoms with Gasteiger partial charge in [-0.05, 0) is 43.0 Å². The van der Waals surface area contributed by atoms with Crippen LogP contribution in [0.3, 0.4) is 0 Å². The van der Waals surface area contributed by atoms with Crippen molar-refractivity contribution in [3.8, 4) is 0 Å². The van der Waals surface area contributed by atoms with E-state index in [4.69, 9.17) is 0 Å². The molecule has 8 heteroatoms. The molecule has 0 atom stereocenters. The standard InChI is InChI=1S/C18H21N3O3S2/c1-2-18-20-15(12-25-18)11-19-17(22)10-5-13-3-8-16(9-4-13)26(23,24)21-14-6-7-14/h3-5,8-10,12,14,21H,2,6-7,11H2,1H3,(H,19,22). The summed E-state index contributed by atoms with van der Waals surface area (Å²) in [6.45, 7) is 2.44. The van der Waals surface area contributed by atoms with Crippen molar-refractivity contribution in [2.45, 2.75) is 43.7 Å². The molecule has 6 nitrogen and oxygen atoms in total. The first-order valence-corrected chi connectivity index (χ1v) is 10.8. The SMILES string of the molecule is CCc1nc(CNC(=O)C=Cc2ccc(S(=O)(=O)NC3CC3)cc2)cs1. The number of aromatic nitrogens is 1. The van der Waals surface area contributed by atoms with E-state index in [0.29, 0.717) is 6.54 Å². The van der Waals surface area contributed by atoms with Gasteiger partial charge in [0.15, 0.2) is 0 Å². The van der Waals surface area contributed by atoms with Crippen LogP contribution in [0.2, 0.25) is 0 Å². The van der Waals surface area contributed by atoms with Crippen molar-refractivity contribution >= 4 is 33.3 Å². The summed E-state index contributed by atoms with van der Waals surface area (Å²) in [4.78, 5) is 16.5. The Balaban J connectivity index is 1.53. The normalized spacial score (nSPS) is 14.7. The van der Waals surface area contributed by atoms with Gasteiger partial charge in [0.2, 0.25) is 15.9 Å². The Morgan fingerprint density at radius 2 is 2.04 bits per heavy atom. The van der Waals surface area contributed by atoms with Crippen molar-refractivity contribution in [1.82, 2.24) is 15.0 Å². The topological polar surface area (TPSA) is 88.2 Å². The number of thiazole rings is 1. The minimum Gasteiger partial charge on any atom is -0.347 e. The number of amides is 1. The van der Waals surface area contributed by atoms with Gasteiger partial charge in [-0.1, -0.05) is 19.1 Å². The fourth-order valence-corrected chi connectivity index (χ4v) is 4.30. The van der Waals surface area contributed by atoms with Gasteiger partial charge in [-0.2, -0.15) is 0 Å². The minimum atomic E-state index is -3.44. The van der Waals surface area contributed by atoms with Crippen LogP contribution in [-0.2, 0) is 27.8 Å². The predicted octanol–water partition coefficient (Wildman–Crippen LogP) is 2.48. The molecule has 1 heterocycles. The zero-order chi connectivity index (χ0) is 18.6. The monoisotopic (exact) mass is 391 g/mol. The van der Waals surface area contributed by atoms with Crippen molar-refractivity contribution < 1.29 is 13.2 Å². The predicted molar refractivity (Wildman–Crippen MR) is 102 cm³/mol. The highest BCUT2D eigenvalue weighted by atomic mass is 32.2. The summed E-state index contributed by atoms with van der Waals surface area (Å²) in [6, 6.07) is 6.53. The molecule has 138 valence electrons. The van der Waals surface area contributed by atoms with Crippen molar-refractivity contribution in [3.05, 3.63) is 52.0 Å². The molecule has 0 unspecified atom stereocenters. The Labute approximate surface area is 157 Å². The Bertz CT molecular complexity index is 898. The molecular weight excluding hydrogens is 370 g/mol. The number of nitrogens with one attached hydrogen (secondary N) is 2. The van der Waals surface area contributed by atoms with Crippen LogP contribution < -0.4 is 10.0 Å². The number of hydrogen-bond acceptors (Lipinski definition) is 5. The Morgan fingerprint density at radius 3 is 2.65 bits per heavy atom. The summed E-state index contributed by atoms with van der Waals surface area (Å²) in [5.41, 5.74) is 1.61. The van der Waals surface area contributed by atoms with Crippen molar-refractivity contribution in [3.63, 3.8) is 0 Å². The van der Waals surface area contributed by atoms with Crippen LogP contribution in [0.4, 0.5) is 0 Å². The highest BCUT2D eigenvalue weighted by Crippen LogP contribution is 2.22. The van der Waals surface area contributed by atoms with Gasteiger partial charge in [-0.25, -0.2) is 18.1 Å². The quantitative estimate of drug-likeness (QED) is 0.677. The van der Waals surface area contributed by atoms with E-state index in [-0.39, 0.29) is 16.8 Å². The lowest BCUT2D eigenvalue weighted by atomic mass is 10.2. The van der Waals surface area contributed by atoms with Crippen LogP contribution in [0, 0.1) is 0 Å². The zero-order valence-corrected chi connectivity index (χ0v) is 16.1. The largest absolute Gasteiger partial charge is 0.347 e. The van der Waals surface area contributed by atoms with Gasteiger partial charge in [-0.3, -0.25) is 4.79 Å². The lowest BCUT2D eigenvalue weighted by Crippen LogP contribution is -2.25. The van der Waals surface area contributed by atoms with Crippen molar-refractivity contribution in [1.29, 1.82) is 0 Å². The fourth-order valence-electron chi connectivity index (χ4n) is 2.25. The molecule has 1 saturated carbocycles. The highest BCUT2D eigenvalue weighted by molar-refractivity contribution is 7.89. The number of aryl methyl sites for hydroxylation is 1. The molecule has 1 aromatic carbocycles. The van der Waals surface area contributed by atoms with E-state index in [2.05, 4.69) is 15.0 Å². The molecule has 26 heavy (non-hydrogen) atoms. The van der Waals surface area contributed by atoms with Gasteiger partial charge in [0.05, 0.1) is 22.1 Å². The summed E-state index contributed by atoms with van der Waals surface area (Å²) < 4.78 is 26.8. The molecule has 3 rings (SSSR count). The first-order valence-electron chi connectivity index (χ1n) is 8.48. The summed E-state index contributed by atoms with van der Waals surface area (Å²) in [7, 11) is -3.44. The smallest absolute Gasteiger partial charge is 0.244 e. The number of carbonyl (C=O) groups excluding carboxylic acids is 1. The second-order valence-electron chi connectivity index (χ2n) is 6.10. The van der Waals surface area contributed by atoms with Gasteiger partial charge in [0, 0.05) is 17.5 Å². The molecule has 0 bridgehead atoms. The van der Waals surface area contributed by atoms with Crippen LogP contribution in [-0.4, -0.2) is 25.4 Å². The molecule has 1 fully saturated rings. The van der Waals surface area contributed by atoms with Crippen LogP contribution >= 0.6 is 11.3 Å². The molecule has 1 amide bonds. The molecule has 0 spiro atoms. The molecule has 1 aromatic heterocycles. The summed E-state index contributed by atoms with van der Waals surface area (Å²) in [6.07, 6.45) is 5.77. The van der Waals surface area contributed by atoms with Crippen LogP contribution in [0.25, 0.3) is 6.08 Å². The zero-order valence-electron chi connectivity index (χ0n) is 14.4. The third-order valence-corrected chi connectivity index (χ3v) is 6.44. The Kier molecular flexibility index (Phi) is 5.85. The van der Waals surface area contributed by atoms with E-state index in [9.17, 15) is 13.2 Å². The first-order chi connectivity index (χ1) is 12.5. The van der Waals surface area contributed by atoms with Gasteiger partial charge in [0.1, 0.15) is 0 Å². The van der Waals surface area contributed by atoms with E-state index >= 15 is 0 Å². The van der Waals surface area contributed by atoms with Gasteiger partial charge < -0.3 is 5.32 Å². The van der Waals surface area contributed by atoms with E-state index in [1.807, 2.05) is 12.3 Å². The Morgan fingerprint density at radius 1 is 1.31 bits per heavy atom. The first kappa shape index (κ1) is 18.8. The number of carbonyl (C=O) groups is 1. The van der Waals surface area contributed by atoms with E-state index in [1.54, 1.807) is 41.7 Å². The van der Waals surface area contributed by atoms with Crippen LogP contribution in [0.1, 0.15) is 36.0 Å². The van der Waals surface area contributed by atoms with Crippen LogP contribution in [0.5, 0.6) is 0 Å². The molecule has 0 aliphatic heterocycles. The summed E-state index contributed by atoms with van der Waals surface area (Å²) in [5.74, 6) is -0.219. The molecule has 2 aromatic rings. The second-order valence-corrected chi connectivity index (χ2v) is 8.76. The van der Waals surface area contributed by atoms with E-state index < -0.39 is 10.0 Å². The van der Waals surface area contributed by atoms with E-state index in [0.717, 1.165) is 35.5 Å². The molecule has 2 N–H and O–H groups in total. The van der Waals surface area contributed by atoms with Gasteiger partial charge >= 0.3 is 0 Å². The Hall–Kier alpha value is -2.03.